The summed E-state index contributed by atoms with van der Waals surface area (Å²) in [5, 5.41) is 7.47. The van der Waals surface area contributed by atoms with E-state index in [1.165, 1.54) is 25.8 Å². The Labute approximate surface area is 110 Å². The van der Waals surface area contributed by atoms with Crippen LogP contribution in [0.5, 0.6) is 0 Å². The van der Waals surface area contributed by atoms with Gasteiger partial charge in [-0.05, 0) is 25.8 Å². The van der Waals surface area contributed by atoms with Crippen LogP contribution in [0.15, 0.2) is 10.6 Å². The number of hydrogen-bond donors (Lipinski definition) is 1. The molecule has 1 aliphatic heterocycles. The molecule has 1 fully saturated rings. The molecule has 1 N–H and O–H groups in total. The molecule has 0 aromatic carbocycles. The maximum absolute atomic E-state index is 5.42. The van der Waals surface area contributed by atoms with E-state index in [4.69, 9.17) is 4.52 Å². The Hall–Kier alpha value is -0.870. The highest BCUT2D eigenvalue weighted by Crippen LogP contribution is 2.22. The van der Waals surface area contributed by atoms with E-state index >= 15 is 0 Å². The van der Waals surface area contributed by atoms with Crippen molar-refractivity contribution in [3.8, 4) is 0 Å². The largest absolute Gasteiger partial charge is 0.360 e. The second kappa shape index (κ2) is 6.34. The first kappa shape index (κ1) is 13.6. The van der Waals surface area contributed by atoms with Crippen molar-refractivity contribution in [1.82, 2.24) is 15.4 Å². The number of aromatic nitrogens is 1. The molecule has 0 bridgehead atoms. The van der Waals surface area contributed by atoms with Crippen LogP contribution in [0.1, 0.15) is 51.5 Å². The lowest BCUT2D eigenvalue weighted by Gasteiger charge is -2.21. The lowest BCUT2D eigenvalue weighted by atomic mass is 10.2. The maximum atomic E-state index is 5.42. The van der Waals surface area contributed by atoms with Crippen molar-refractivity contribution in [3.63, 3.8) is 0 Å². The van der Waals surface area contributed by atoms with Gasteiger partial charge in [0.2, 0.25) is 0 Å². The molecule has 1 saturated heterocycles. The smallest absolute Gasteiger partial charge is 0.151 e. The van der Waals surface area contributed by atoms with Gasteiger partial charge in [0, 0.05) is 24.7 Å². The molecule has 102 valence electrons. The predicted octanol–water partition coefficient (Wildman–Crippen LogP) is 2.55. The van der Waals surface area contributed by atoms with Gasteiger partial charge >= 0.3 is 0 Å². The highest BCUT2D eigenvalue weighted by Gasteiger charge is 2.23. The van der Waals surface area contributed by atoms with Gasteiger partial charge in [0.25, 0.3) is 0 Å². The third kappa shape index (κ3) is 3.56. The predicted molar refractivity (Wildman–Crippen MR) is 72.2 cm³/mol. The second-order valence-electron chi connectivity index (χ2n) is 5.49. The van der Waals surface area contributed by atoms with Crippen LogP contribution in [0.4, 0.5) is 0 Å². The second-order valence-corrected chi connectivity index (χ2v) is 5.49. The first-order valence-electron chi connectivity index (χ1n) is 7.11. The van der Waals surface area contributed by atoms with E-state index in [-0.39, 0.29) is 0 Å². The monoisotopic (exact) mass is 251 g/mol. The Morgan fingerprint density at radius 3 is 3.11 bits per heavy atom. The minimum atomic E-state index is 0.480. The van der Waals surface area contributed by atoms with E-state index in [1.807, 2.05) is 0 Å². The Kier molecular flexibility index (Phi) is 4.78. The van der Waals surface area contributed by atoms with Crippen LogP contribution < -0.4 is 5.32 Å². The van der Waals surface area contributed by atoms with Crippen molar-refractivity contribution < 1.29 is 4.52 Å². The molecule has 1 unspecified atom stereocenters. The summed E-state index contributed by atoms with van der Waals surface area (Å²) < 4.78 is 5.42. The Morgan fingerprint density at radius 2 is 2.39 bits per heavy atom. The number of hydrogen-bond acceptors (Lipinski definition) is 4. The Morgan fingerprint density at radius 1 is 1.56 bits per heavy atom. The fourth-order valence-corrected chi connectivity index (χ4v) is 2.59. The molecule has 1 atom stereocenters. The number of rotatable bonds is 6. The average molecular weight is 251 g/mol. The fraction of sp³-hybridized carbons (Fsp3) is 0.786. The summed E-state index contributed by atoms with van der Waals surface area (Å²) in [6.45, 7) is 9.43. The van der Waals surface area contributed by atoms with E-state index < -0.39 is 0 Å². The zero-order valence-electron chi connectivity index (χ0n) is 11.8. The lowest BCUT2D eigenvalue weighted by Crippen LogP contribution is -2.27. The zero-order valence-corrected chi connectivity index (χ0v) is 11.8. The molecule has 0 aliphatic carbocycles. The van der Waals surface area contributed by atoms with Gasteiger partial charge in [-0.2, -0.15) is 0 Å². The highest BCUT2D eigenvalue weighted by atomic mass is 16.5. The minimum absolute atomic E-state index is 0.480. The summed E-state index contributed by atoms with van der Waals surface area (Å²) >= 11 is 0. The molecular formula is C14H25N3O. The SMILES string of the molecule is CCC1CCCN1Cc1cc(CNC(C)C)no1. The van der Waals surface area contributed by atoms with Gasteiger partial charge in [-0.3, -0.25) is 4.90 Å². The van der Waals surface area contributed by atoms with Crippen LogP contribution in [0.3, 0.4) is 0 Å². The molecular weight excluding hydrogens is 226 g/mol. The number of likely N-dealkylation sites (tertiary alicyclic amines) is 1. The van der Waals surface area contributed by atoms with Gasteiger partial charge in [-0.25, -0.2) is 0 Å². The summed E-state index contributed by atoms with van der Waals surface area (Å²) in [6.07, 6.45) is 3.87. The molecule has 1 aromatic rings. The molecule has 0 radical (unpaired) electrons. The third-order valence-corrected chi connectivity index (χ3v) is 3.63. The molecule has 2 heterocycles. The molecule has 0 spiro atoms. The first-order chi connectivity index (χ1) is 8.69. The van der Waals surface area contributed by atoms with Gasteiger partial charge in [0.1, 0.15) is 0 Å². The Balaban J connectivity index is 1.86. The van der Waals surface area contributed by atoms with Crippen molar-refractivity contribution in [2.75, 3.05) is 6.54 Å². The van der Waals surface area contributed by atoms with Gasteiger partial charge < -0.3 is 9.84 Å². The average Bonchev–Trinajstić information content (AvgIpc) is 2.96. The molecule has 1 aromatic heterocycles. The van der Waals surface area contributed by atoms with Gasteiger partial charge in [0.05, 0.1) is 12.2 Å². The van der Waals surface area contributed by atoms with Crippen LogP contribution in [0, 0.1) is 0 Å². The standard InChI is InChI=1S/C14H25N3O/c1-4-13-6-5-7-17(13)10-14-8-12(16-18-14)9-15-11(2)3/h8,11,13,15H,4-7,9-10H2,1-3H3. The van der Waals surface area contributed by atoms with Crippen LogP contribution in [-0.2, 0) is 13.1 Å². The lowest BCUT2D eigenvalue weighted by molar-refractivity contribution is 0.211. The minimum Gasteiger partial charge on any atom is -0.360 e. The number of nitrogens with one attached hydrogen (secondary N) is 1. The van der Waals surface area contributed by atoms with Gasteiger partial charge in [-0.15, -0.1) is 0 Å². The van der Waals surface area contributed by atoms with E-state index in [9.17, 15) is 0 Å². The quantitative estimate of drug-likeness (QED) is 0.843. The summed E-state index contributed by atoms with van der Waals surface area (Å²) in [7, 11) is 0. The summed E-state index contributed by atoms with van der Waals surface area (Å²) in [6, 6.07) is 3.29. The van der Waals surface area contributed by atoms with E-state index in [0.29, 0.717) is 6.04 Å². The molecule has 4 nitrogen and oxygen atoms in total. The third-order valence-electron chi connectivity index (χ3n) is 3.63. The molecule has 0 saturated carbocycles. The van der Waals surface area contributed by atoms with E-state index in [2.05, 4.69) is 42.2 Å². The summed E-state index contributed by atoms with van der Waals surface area (Å²) in [5.41, 5.74) is 1.01. The van der Waals surface area contributed by atoms with E-state index in [1.54, 1.807) is 0 Å². The van der Waals surface area contributed by atoms with Crippen LogP contribution in [-0.4, -0.2) is 28.7 Å². The van der Waals surface area contributed by atoms with Gasteiger partial charge in [0.15, 0.2) is 5.76 Å². The fourth-order valence-electron chi connectivity index (χ4n) is 2.59. The van der Waals surface area contributed by atoms with Gasteiger partial charge in [-0.1, -0.05) is 25.9 Å². The van der Waals surface area contributed by atoms with Crippen LogP contribution in [0.2, 0.25) is 0 Å². The van der Waals surface area contributed by atoms with Crippen molar-refractivity contribution in [2.24, 2.45) is 0 Å². The van der Waals surface area contributed by atoms with Crippen molar-refractivity contribution in [1.29, 1.82) is 0 Å². The maximum Gasteiger partial charge on any atom is 0.151 e. The molecule has 2 rings (SSSR count). The first-order valence-corrected chi connectivity index (χ1v) is 7.11. The molecule has 1 aliphatic rings. The van der Waals surface area contributed by atoms with Crippen LogP contribution >= 0.6 is 0 Å². The molecule has 4 heteroatoms. The topological polar surface area (TPSA) is 41.3 Å². The van der Waals surface area contributed by atoms with E-state index in [0.717, 1.165) is 30.6 Å². The van der Waals surface area contributed by atoms with Crippen LogP contribution in [0.25, 0.3) is 0 Å². The highest BCUT2D eigenvalue weighted by molar-refractivity contribution is 5.05. The zero-order chi connectivity index (χ0) is 13.0. The normalized spacial score (nSPS) is 21.0. The van der Waals surface area contributed by atoms with Crippen molar-refractivity contribution >= 4 is 0 Å². The number of nitrogens with zero attached hydrogens (tertiary/aromatic N) is 2. The van der Waals surface area contributed by atoms with Crippen molar-refractivity contribution in [3.05, 3.63) is 17.5 Å². The molecule has 0 amide bonds. The summed E-state index contributed by atoms with van der Waals surface area (Å²) in [4.78, 5) is 2.51. The Bertz CT molecular complexity index is 362. The van der Waals surface area contributed by atoms with Crippen molar-refractivity contribution in [2.45, 2.75) is 65.2 Å². The summed E-state index contributed by atoms with van der Waals surface area (Å²) in [5.74, 6) is 0.996. The molecule has 18 heavy (non-hydrogen) atoms.